The van der Waals surface area contributed by atoms with E-state index in [1.54, 1.807) is 7.11 Å². The van der Waals surface area contributed by atoms with Gasteiger partial charge < -0.3 is 14.8 Å². The third kappa shape index (κ3) is 2.37. The molecular weight excluding hydrogens is 356 g/mol. The van der Waals surface area contributed by atoms with E-state index in [-0.39, 0.29) is 12.0 Å². The predicted octanol–water partition coefficient (Wildman–Crippen LogP) is 4.53. The Morgan fingerprint density at radius 3 is 2.80 bits per heavy atom. The van der Waals surface area contributed by atoms with Crippen molar-refractivity contribution in [2.24, 2.45) is 5.92 Å². The van der Waals surface area contributed by atoms with Crippen molar-refractivity contribution in [3.63, 3.8) is 0 Å². The third-order valence-corrected chi connectivity index (χ3v) is 5.76. The Balaban J connectivity index is 1.87. The molecule has 2 aromatic rings. The Bertz CT molecular complexity index is 859. The van der Waals surface area contributed by atoms with E-state index in [2.05, 4.69) is 19.2 Å². The fourth-order valence-corrected chi connectivity index (χ4v) is 4.35. The zero-order valence-electron chi connectivity index (χ0n) is 14.2. The van der Waals surface area contributed by atoms with Gasteiger partial charge in [-0.1, -0.05) is 30.7 Å². The number of ether oxygens (including phenoxy) is 2. The van der Waals surface area contributed by atoms with Crippen LogP contribution in [0, 0.1) is 5.92 Å². The molecule has 2 heterocycles. The summed E-state index contributed by atoms with van der Waals surface area (Å²) in [6, 6.07) is 13.6. The number of benzene rings is 2. The normalized spacial score (nSPS) is 27.2. The molecule has 1 fully saturated rings. The standard InChI is InChI=1S/C19H19ClN2O2S/c1-11-17-13-10-12(20)8-9-15(13)24-19(11,2)22(18(25)21-17)14-6-4-5-7-16(14)23-3/h4-11,17H,1-3H3,(H,21,25)/t11-,17+,19-/m0/s1. The maximum absolute atomic E-state index is 6.48. The average Bonchev–Trinajstić information content (AvgIpc) is 2.59. The van der Waals surface area contributed by atoms with E-state index in [1.165, 1.54) is 0 Å². The molecule has 4 nitrogen and oxygen atoms in total. The van der Waals surface area contributed by atoms with E-state index in [0.29, 0.717) is 10.1 Å². The molecule has 0 unspecified atom stereocenters. The summed E-state index contributed by atoms with van der Waals surface area (Å²) in [4.78, 5) is 2.01. The minimum Gasteiger partial charge on any atom is -0.495 e. The lowest BCUT2D eigenvalue weighted by molar-refractivity contribution is -0.00342. The van der Waals surface area contributed by atoms with Gasteiger partial charge in [0.05, 0.1) is 18.8 Å². The molecule has 0 amide bonds. The van der Waals surface area contributed by atoms with E-state index in [0.717, 1.165) is 22.7 Å². The van der Waals surface area contributed by atoms with Crippen LogP contribution >= 0.6 is 23.8 Å². The first kappa shape index (κ1) is 16.5. The van der Waals surface area contributed by atoms with Crippen LogP contribution < -0.4 is 19.7 Å². The van der Waals surface area contributed by atoms with Crippen LogP contribution in [0.4, 0.5) is 5.69 Å². The number of methoxy groups -OCH3 is 1. The highest BCUT2D eigenvalue weighted by atomic mass is 35.5. The number of hydrogen-bond donors (Lipinski definition) is 1. The van der Waals surface area contributed by atoms with E-state index < -0.39 is 5.72 Å². The lowest BCUT2D eigenvalue weighted by atomic mass is 9.80. The van der Waals surface area contributed by atoms with Crippen LogP contribution in [0.1, 0.15) is 25.5 Å². The highest BCUT2D eigenvalue weighted by Crippen LogP contribution is 2.50. The Labute approximate surface area is 157 Å². The molecule has 25 heavy (non-hydrogen) atoms. The largest absolute Gasteiger partial charge is 0.495 e. The van der Waals surface area contributed by atoms with Crippen molar-refractivity contribution < 1.29 is 9.47 Å². The Kier molecular flexibility index (Phi) is 3.81. The first-order valence-electron chi connectivity index (χ1n) is 8.18. The van der Waals surface area contributed by atoms with E-state index in [9.17, 15) is 0 Å². The monoisotopic (exact) mass is 374 g/mol. The van der Waals surface area contributed by atoms with Gasteiger partial charge in [0.15, 0.2) is 10.8 Å². The highest BCUT2D eigenvalue weighted by molar-refractivity contribution is 7.80. The van der Waals surface area contributed by atoms with Crippen LogP contribution in [-0.4, -0.2) is 17.9 Å². The molecule has 2 bridgehead atoms. The van der Waals surface area contributed by atoms with Gasteiger partial charge in [0.25, 0.3) is 0 Å². The lowest BCUT2D eigenvalue weighted by Gasteiger charge is -2.56. The molecule has 4 rings (SSSR count). The minimum absolute atomic E-state index is 0.0471. The van der Waals surface area contributed by atoms with Gasteiger partial charge >= 0.3 is 0 Å². The molecule has 1 saturated heterocycles. The van der Waals surface area contributed by atoms with Crippen LogP contribution in [0.2, 0.25) is 5.02 Å². The second-order valence-corrected chi connectivity index (χ2v) is 7.39. The van der Waals surface area contributed by atoms with E-state index >= 15 is 0 Å². The number of nitrogens with zero attached hydrogens (tertiary/aromatic N) is 1. The summed E-state index contributed by atoms with van der Waals surface area (Å²) in [5.41, 5.74) is 1.29. The molecule has 0 spiro atoms. The average molecular weight is 375 g/mol. The van der Waals surface area contributed by atoms with Crippen molar-refractivity contribution in [3.8, 4) is 11.5 Å². The fourth-order valence-electron chi connectivity index (χ4n) is 3.76. The third-order valence-electron chi connectivity index (χ3n) is 5.22. The van der Waals surface area contributed by atoms with Crippen LogP contribution in [0.3, 0.4) is 0 Å². The molecule has 0 saturated carbocycles. The van der Waals surface area contributed by atoms with Crippen molar-refractivity contribution in [1.82, 2.24) is 5.32 Å². The zero-order chi connectivity index (χ0) is 17.8. The van der Waals surface area contributed by atoms with E-state index in [1.807, 2.05) is 47.4 Å². The number of nitrogens with one attached hydrogen (secondary N) is 1. The number of anilines is 1. The van der Waals surface area contributed by atoms with Crippen molar-refractivity contribution in [2.75, 3.05) is 12.0 Å². The second kappa shape index (κ2) is 5.78. The first-order valence-corrected chi connectivity index (χ1v) is 8.96. The van der Waals surface area contributed by atoms with Gasteiger partial charge in [0.2, 0.25) is 0 Å². The van der Waals surface area contributed by atoms with Gasteiger partial charge in [-0.3, -0.25) is 4.90 Å². The topological polar surface area (TPSA) is 33.7 Å². The second-order valence-electron chi connectivity index (χ2n) is 6.56. The highest BCUT2D eigenvalue weighted by Gasteiger charge is 2.54. The molecule has 3 atom stereocenters. The number of rotatable bonds is 2. The molecular formula is C19H19ClN2O2S. The number of para-hydroxylation sites is 2. The van der Waals surface area contributed by atoms with Gasteiger partial charge in [-0.25, -0.2) is 0 Å². The molecule has 2 aliphatic rings. The number of hydrogen-bond acceptors (Lipinski definition) is 3. The first-order chi connectivity index (χ1) is 12.0. The molecule has 0 aromatic heterocycles. The fraction of sp³-hybridized carbons (Fsp3) is 0.316. The molecule has 6 heteroatoms. The molecule has 1 N–H and O–H groups in total. The predicted molar refractivity (Wildman–Crippen MR) is 104 cm³/mol. The van der Waals surface area contributed by atoms with Gasteiger partial charge in [-0.15, -0.1) is 0 Å². The van der Waals surface area contributed by atoms with Gasteiger partial charge in [-0.2, -0.15) is 0 Å². The maximum atomic E-state index is 6.48. The molecule has 2 aromatic carbocycles. The lowest BCUT2D eigenvalue weighted by Crippen LogP contribution is -2.69. The molecule has 2 aliphatic heterocycles. The Hall–Kier alpha value is -1.98. The van der Waals surface area contributed by atoms with Gasteiger partial charge in [0, 0.05) is 16.5 Å². The Morgan fingerprint density at radius 2 is 2.04 bits per heavy atom. The number of halogens is 1. The smallest absolute Gasteiger partial charge is 0.191 e. The van der Waals surface area contributed by atoms with Crippen molar-refractivity contribution in [1.29, 1.82) is 0 Å². The zero-order valence-corrected chi connectivity index (χ0v) is 15.8. The summed E-state index contributed by atoms with van der Waals surface area (Å²) in [6.07, 6.45) is 0. The summed E-state index contributed by atoms with van der Waals surface area (Å²) in [5, 5.41) is 4.77. The van der Waals surface area contributed by atoms with Crippen LogP contribution in [0.15, 0.2) is 42.5 Å². The van der Waals surface area contributed by atoms with Gasteiger partial charge in [0.1, 0.15) is 11.5 Å². The maximum Gasteiger partial charge on any atom is 0.191 e. The molecule has 0 aliphatic carbocycles. The van der Waals surface area contributed by atoms with Crippen LogP contribution in [0.25, 0.3) is 0 Å². The quantitative estimate of drug-likeness (QED) is 0.781. The summed E-state index contributed by atoms with van der Waals surface area (Å²) < 4.78 is 12.0. The molecule has 130 valence electrons. The summed E-state index contributed by atoms with van der Waals surface area (Å²) in [6.45, 7) is 4.23. The SMILES string of the molecule is COc1ccccc1N1C(=S)N[C@H]2c3cc(Cl)ccc3O[C@@]1(C)[C@H]2C. The number of thiocarbonyl (C=S) groups is 1. The van der Waals surface area contributed by atoms with Gasteiger partial charge in [-0.05, 0) is 49.5 Å². The van der Waals surface area contributed by atoms with Crippen molar-refractivity contribution >= 4 is 34.6 Å². The van der Waals surface area contributed by atoms with E-state index in [4.69, 9.17) is 33.3 Å². The van der Waals surface area contributed by atoms with Crippen LogP contribution in [0.5, 0.6) is 11.5 Å². The van der Waals surface area contributed by atoms with Crippen molar-refractivity contribution in [2.45, 2.75) is 25.6 Å². The Morgan fingerprint density at radius 1 is 1.28 bits per heavy atom. The number of fused-ring (bicyclic) bond motifs is 4. The minimum atomic E-state index is -0.636. The summed E-state index contributed by atoms with van der Waals surface area (Å²) in [5.74, 6) is 1.71. The summed E-state index contributed by atoms with van der Waals surface area (Å²) in [7, 11) is 1.66. The van der Waals surface area contributed by atoms with Crippen LogP contribution in [-0.2, 0) is 0 Å². The molecule has 0 radical (unpaired) electrons. The van der Waals surface area contributed by atoms with Crippen molar-refractivity contribution in [3.05, 3.63) is 53.1 Å². The summed E-state index contributed by atoms with van der Waals surface area (Å²) >= 11 is 11.9.